The van der Waals surface area contributed by atoms with Crippen LogP contribution in [-0.4, -0.2) is 35.9 Å². The standard InChI is InChI=1S/C24H27N5O/c1-3-17-30-23-11-9-20(10-12-23)13-15-26-24(25-2)27-18-21-7-4-5-8-22(21)19-29-16-6-14-28-29/h1,4-12,14,16H,13,15,17-19H2,2H3,(H2,25,26,27). The van der Waals surface area contributed by atoms with Crippen LogP contribution < -0.4 is 15.4 Å². The molecule has 3 rings (SSSR count). The van der Waals surface area contributed by atoms with E-state index in [2.05, 4.69) is 63.0 Å². The number of rotatable bonds is 9. The van der Waals surface area contributed by atoms with Crippen molar-refractivity contribution in [1.29, 1.82) is 0 Å². The highest BCUT2D eigenvalue weighted by Crippen LogP contribution is 2.12. The molecule has 6 heteroatoms. The first-order valence-electron chi connectivity index (χ1n) is 9.92. The van der Waals surface area contributed by atoms with E-state index in [0.717, 1.165) is 31.2 Å². The quantitative estimate of drug-likeness (QED) is 0.329. The lowest BCUT2D eigenvalue weighted by Crippen LogP contribution is -2.38. The zero-order valence-corrected chi connectivity index (χ0v) is 17.2. The number of nitrogens with one attached hydrogen (secondary N) is 2. The lowest BCUT2D eigenvalue weighted by molar-refractivity contribution is 0.370. The maximum absolute atomic E-state index is 5.40. The van der Waals surface area contributed by atoms with Gasteiger partial charge in [0.15, 0.2) is 5.96 Å². The largest absolute Gasteiger partial charge is 0.481 e. The Morgan fingerprint density at radius 1 is 1.10 bits per heavy atom. The number of guanidine groups is 1. The number of nitrogens with zero attached hydrogens (tertiary/aromatic N) is 3. The summed E-state index contributed by atoms with van der Waals surface area (Å²) in [6, 6.07) is 18.3. The highest BCUT2D eigenvalue weighted by Gasteiger charge is 2.05. The van der Waals surface area contributed by atoms with Gasteiger partial charge in [-0.05, 0) is 41.3 Å². The van der Waals surface area contributed by atoms with Crippen molar-refractivity contribution in [1.82, 2.24) is 20.4 Å². The molecule has 0 bridgehead atoms. The second kappa shape index (κ2) is 11.3. The summed E-state index contributed by atoms with van der Waals surface area (Å²) in [4.78, 5) is 4.33. The van der Waals surface area contributed by atoms with Crippen molar-refractivity contribution in [3.8, 4) is 18.1 Å². The molecule has 0 aliphatic carbocycles. The molecule has 0 radical (unpaired) electrons. The summed E-state index contributed by atoms with van der Waals surface area (Å²) in [5.41, 5.74) is 3.67. The molecular weight excluding hydrogens is 374 g/mol. The molecule has 1 heterocycles. The molecule has 2 aromatic carbocycles. The van der Waals surface area contributed by atoms with Crippen LogP contribution in [0.25, 0.3) is 0 Å². The minimum absolute atomic E-state index is 0.286. The van der Waals surface area contributed by atoms with Gasteiger partial charge in [0.05, 0.1) is 6.54 Å². The monoisotopic (exact) mass is 401 g/mol. The van der Waals surface area contributed by atoms with E-state index in [0.29, 0.717) is 6.54 Å². The van der Waals surface area contributed by atoms with Gasteiger partial charge in [0.25, 0.3) is 0 Å². The molecule has 0 aliphatic heterocycles. The third-order valence-electron chi connectivity index (χ3n) is 4.63. The van der Waals surface area contributed by atoms with Crippen molar-refractivity contribution in [3.05, 3.63) is 83.7 Å². The van der Waals surface area contributed by atoms with Crippen LogP contribution in [0.1, 0.15) is 16.7 Å². The number of ether oxygens (including phenoxy) is 1. The van der Waals surface area contributed by atoms with Gasteiger partial charge in [0.2, 0.25) is 0 Å². The summed E-state index contributed by atoms with van der Waals surface area (Å²) in [5.74, 6) is 4.03. The SMILES string of the molecule is C#CCOc1ccc(CCNC(=NC)NCc2ccccc2Cn2cccn2)cc1. The Balaban J connectivity index is 1.47. The first-order valence-corrected chi connectivity index (χ1v) is 9.92. The van der Waals surface area contributed by atoms with Crippen molar-refractivity contribution in [2.45, 2.75) is 19.5 Å². The number of aliphatic imine (C=N–C) groups is 1. The van der Waals surface area contributed by atoms with Crippen molar-refractivity contribution < 1.29 is 4.74 Å². The second-order valence-electron chi connectivity index (χ2n) is 6.71. The molecule has 0 unspecified atom stereocenters. The Labute approximate surface area is 178 Å². The average molecular weight is 402 g/mol. The molecule has 0 saturated heterocycles. The molecule has 0 atom stereocenters. The van der Waals surface area contributed by atoms with E-state index in [-0.39, 0.29) is 6.61 Å². The first kappa shape index (κ1) is 21.0. The average Bonchev–Trinajstić information content (AvgIpc) is 3.29. The maximum Gasteiger partial charge on any atom is 0.191 e. The molecule has 3 aromatic rings. The predicted molar refractivity (Wildman–Crippen MR) is 120 cm³/mol. The molecule has 0 spiro atoms. The van der Waals surface area contributed by atoms with E-state index in [4.69, 9.17) is 11.2 Å². The Kier molecular flexibility index (Phi) is 7.93. The van der Waals surface area contributed by atoms with Crippen molar-refractivity contribution in [2.24, 2.45) is 4.99 Å². The fourth-order valence-corrected chi connectivity index (χ4v) is 3.05. The summed E-state index contributed by atoms with van der Waals surface area (Å²) in [5, 5.41) is 11.1. The summed E-state index contributed by atoms with van der Waals surface area (Å²) >= 11 is 0. The number of hydrogen-bond acceptors (Lipinski definition) is 3. The van der Waals surface area contributed by atoms with Crippen molar-refractivity contribution in [3.63, 3.8) is 0 Å². The van der Waals surface area contributed by atoms with Crippen LogP contribution in [0.15, 0.2) is 72.0 Å². The van der Waals surface area contributed by atoms with Gasteiger partial charge in [-0.1, -0.05) is 42.3 Å². The van der Waals surface area contributed by atoms with Gasteiger partial charge < -0.3 is 15.4 Å². The topological polar surface area (TPSA) is 63.5 Å². The minimum Gasteiger partial charge on any atom is -0.481 e. The number of terminal acetylenes is 1. The van der Waals surface area contributed by atoms with Crippen LogP contribution in [0.3, 0.4) is 0 Å². The molecule has 0 amide bonds. The molecular formula is C24H27N5O. The van der Waals surface area contributed by atoms with E-state index < -0.39 is 0 Å². The smallest absolute Gasteiger partial charge is 0.191 e. The third kappa shape index (κ3) is 6.42. The molecule has 2 N–H and O–H groups in total. The predicted octanol–water partition coefficient (Wildman–Crippen LogP) is 2.85. The highest BCUT2D eigenvalue weighted by molar-refractivity contribution is 5.79. The number of benzene rings is 2. The molecule has 1 aromatic heterocycles. The number of aromatic nitrogens is 2. The van der Waals surface area contributed by atoms with E-state index in [1.165, 1.54) is 16.7 Å². The van der Waals surface area contributed by atoms with Crippen LogP contribution >= 0.6 is 0 Å². The molecule has 0 aliphatic rings. The lowest BCUT2D eigenvalue weighted by Gasteiger charge is -2.14. The Hall–Kier alpha value is -3.72. The summed E-state index contributed by atoms with van der Waals surface area (Å²) in [6.07, 6.45) is 9.86. The minimum atomic E-state index is 0.286. The Bertz CT molecular complexity index is 972. The molecule has 0 saturated carbocycles. The normalized spacial score (nSPS) is 11.0. The van der Waals surface area contributed by atoms with Crippen molar-refractivity contribution >= 4 is 5.96 Å². The highest BCUT2D eigenvalue weighted by atomic mass is 16.5. The summed E-state index contributed by atoms with van der Waals surface area (Å²) in [7, 11) is 1.78. The van der Waals surface area contributed by atoms with Gasteiger partial charge in [-0.25, -0.2) is 0 Å². The van der Waals surface area contributed by atoms with Crippen molar-refractivity contribution in [2.75, 3.05) is 20.2 Å². The Morgan fingerprint density at radius 2 is 1.90 bits per heavy atom. The lowest BCUT2D eigenvalue weighted by atomic mass is 10.1. The van der Waals surface area contributed by atoms with Gasteiger partial charge in [0.1, 0.15) is 12.4 Å². The van der Waals surface area contributed by atoms with E-state index in [9.17, 15) is 0 Å². The second-order valence-corrected chi connectivity index (χ2v) is 6.71. The molecule has 6 nitrogen and oxygen atoms in total. The van der Waals surface area contributed by atoms with Gasteiger partial charge in [-0.2, -0.15) is 5.10 Å². The van der Waals surface area contributed by atoms with Crippen LogP contribution in [0.2, 0.25) is 0 Å². The van der Waals surface area contributed by atoms with Crippen LogP contribution in [-0.2, 0) is 19.5 Å². The molecule has 0 fully saturated rings. The van der Waals surface area contributed by atoms with Crippen LogP contribution in [0.4, 0.5) is 0 Å². The summed E-state index contributed by atoms with van der Waals surface area (Å²) < 4.78 is 7.33. The summed E-state index contributed by atoms with van der Waals surface area (Å²) in [6.45, 7) is 2.50. The van der Waals surface area contributed by atoms with Gasteiger partial charge >= 0.3 is 0 Å². The van der Waals surface area contributed by atoms with Crippen LogP contribution in [0.5, 0.6) is 5.75 Å². The van der Waals surface area contributed by atoms with E-state index >= 15 is 0 Å². The molecule has 154 valence electrons. The number of hydrogen-bond donors (Lipinski definition) is 2. The third-order valence-corrected chi connectivity index (χ3v) is 4.63. The van der Waals surface area contributed by atoms with Gasteiger partial charge in [0, 0.05) is 32.5 Å². The maximum atomic E-state index is 5.40. The zero-order valence-electron chi connectivity index (χ0n) is 17.2. The zero-order chi connectivity index (χ0) is 21.0. The fraction of sp³-hybridized carbons (Fsp3) is 0.250. The molecule has 30 heavy (non-hydrogen) atoms. The van der Waals surface area contributed by atoms with E-state index in [1.54, 1.807) is 13.2 Å². The van der Waals surface area contributed by atoms with Gasteiger partial charge in [-0.3, -0.25) is 9.67 Å². The Morgan fingerprint density at radius 3 is 2.60 bits per heavy atom. The fourth-order valence-electron chi connectivity index (χ4n) is 3.05. The van der Waals surface area contributed by atoms with Gasteiger partial charge in [-0.15, -0.1) is 6.42 Å². The van der Waals surface area contributed by atoms with Crippen LogP contribution in [0, 0.1) is 12.3 Å². The first-order chi connectivity index (χ1) is 14.8. The van der Waals surface area contributed by atoms with E-state index in [1.807, 2.05) is 29.1 Å².